The zero-order valence-corrected chi connectivity index (χ0v) is 21.4. The van der Waals surface area contributed by atoms with Gasteiger partial charge < -0.3 is 14.5 Å². The lowest BCUT2D eigenvalue weighted by Crippen LogP contribution is -2.45. The predicted octanol–water partition coefficient (Wildman–Crippen LogP) is 3.89. The summed E-state index contributed by atoms with van der Waals surface area (Å²) in [5.74, 6) is 0.502. The van der Waals surface area contributed by atoms with Crippen LogP contribution in [0.2, 0.25) is 0 Å². The smallest absolute Gasteiger partial charge is 0.323 e. The number of nitrogens with zero attached hydrogens (tertiary/aromatic N) is 4. The van der Waals surface area contributed by atoms with Crippen molar-refractivity contribution in [1.82, 2.24) is 19.7 Å². The molecule has 0 atom stereocenters. The lowest BCUT2D eigenvalue weighted by molar-refractivity contribution is -0.125. The molecule has 2 aliphatic rings. The molecule has 1 aromatic heterocycles. The summed E-state index contributed by atoms with van der Waals surface area (Å²) in [7, 11) is 1.81. The molecule has 0 bridgehead atoms. The van der Waals surface area contributed by atoms with Crippen LogP contribution < -0.4 is 5.32 Å². The zero-order valence-electron chi connectivity index (χ0n) is 21.4. The number of ether oxygens (including phenoxy) is 1. The van der Waals surface area contributed by atoms with Gasteiger partial charge in [-0.25, -0.2) is 9.78 Å². The summed E-state index contributed by atoms with van der Waals surface area (Å²) in [5.41, 5.74) is 4.11. The Bertz CT molecular complexity index is 1330. The van der Waals surface area contributed by atoms with Crippen molar-refractivity contribution in [1.29, 1.82) is 0 Å². The lowest BCUT2D eigenvalue weighted by Gasteiger charge is -2.32. The predicted molar refractivity (Wildman–Crippen MR) is 145 cm³/mol. The molecule has 1 N–H and O–H groups in total. The van der Waals surface area contributed by atoms with Crippen molar-refractivity contribution in [3.8, 4) is 0 Å². The maximum atomic E-state index is 12.9. The monoisotopic (exact) mass is 499 g/mol. The van der Waals surface area contributed by atoms with Gasteiger partial charge in [0.15, 0.2) is 0 Å². The van der Waals surface area contributed by atoms with Crippen LogP contribution >= 0.6 is 0 Å². The van der Waals surface area contributed by atoms with Crippen LogP contribution in [0.25, 0.3) is 16.8 Å². The van der Waals surface area contributed by atoms with E-state index in [0.29, 0.717) is 25.5 Å². The summed E-state index contributed by atoms with van der Waals surface area (Å²) in [6.07, 6.45) is 5.05. The molecular formula is C29H33N5O3. The number of hydrogen-bond acceptors (Lipinski definition) is 5. The van der Waals surface area contributed by atoms with E-state index in [0.717, 1.165) is 49.5 Å². The number of rotatable bonds is 7. The third-order valence-corrected chi connectivity index (χ3v) is 7.09. The molecule has 0 radical (unpaired) electrons. The van der Waals surface area contributed by atoms with Gasteiger partial charge in [-0.3, -0.25) is 15.0 Å². The van der Waals surface area contributed by atoms with Crippen molar-refractivity contribution < 1.29 is 14.3 Å². The SMILES string of the molecule is Cc1ccc(CN(C)C(=O)C=Cc2cnc3c(c2)CN(CCN2CCOCC2)C(=O)N3)c2ccccc12. The van der Waals surface area contributed by atoms with E-state index >= 15 is 0 Å². The Morgan fingerprint density at radius 2 is 1.92 bits per heavy atom. The molecule has 2 aromatic carbocycles. The van der Waals surface area contributed by atoms with Crippen molar-refractivity contribution in [3.05, 3.63) is 77.0 Å². The van der Waals surface area contributed by atoms with Gasteiger partial charge in [-0.15, -0.1) is 0 Å². The van der Waals surface area contributed by atoms with E-state index in [2.05, 4.69) is 46.4 Å². The molecule has 1 saturated heterocycles. The third kappa shape index (κ3) is 5.81. The number of aryl methyl sites for hydroxylation is 1. The van der Waals surface area contributed by atoms with Gasteiger partial charge in [-0.05, 0) is 46.5 Å². The number of amides is 3. The number of urea groups is 1. The van der Waals surface area contributed by atoms with Gasteiger partial charge in [0, 0.05) is 57.6 Å². The van der Waals surface area contributed by atoms with Crippen LogP contribution in [0.4, 0.5) is 10.6 Å². The fraction of sp³-hybridized carbons (Fsp3) is 0.345. The summed E-state index contributed by atoms with van der Waals surface area (Å²) in [4.78, 5) is 35.7. The van der Waals surface area contributed by atoms with Crippen molar-refractivity contribution in [2.75, 3.05) is 51.8 Å². The van der Waals surface area contributed by atoms with Gasteiger partial charge in [0.2, 0.25) is 5.91 Å². The maximum absolute atomic E-state index is 12.9. The fourth-order valence-electron chi connectivity index (χ4n) is 4.86. The van der Waals surface area contributed by atoms with Crippen molar-refractivity contribution in [3.63, 3.8) is 0 Å². The van der Waals surface area contributed by atoms with Crippen LogP contribution in [-0.4, -0.2) is 78.1 Å². The lowest BCUT2D eigenvalue weighted by atomic mass is 10.00. The molecule has 3 aromatic rings. The Morgan fingerprint density at radius 3 is 2.73 bits per heavy atom. The number of hydrogen-bond donors (Lipinski definition) is 1. The van der Waals surface area contributed by atoms with Gasteiger partial charge in [0.25, 0.3) is 0 Å². The van der Waals surface area contributed by atoms with Crippen LogP contribution in [0.15, 0.2) is 54.7 Å². The van der Waals surface area contributed by atoms with E-state index in [1.54, 1.807) is 28.1 Å². The first-order valence-electron chi connectivity index (χ1n) is 12.7. The molecule has 192 valence electrons. The van der Waals surface area contributed by atoms with Crippen LogP contribution in [-0.2, 0) is 22.6 Å². The molecule has 1 fully saturated rings. The van der Waals surface area contributed by atoms with E-state index in [4.69, 9.17) is 4.74 Å². The normalized spacial score (nSPS) is 16.2. The number of carbonyl (C=O) groups is 2. The van der Waals surface area contributed by atoms with Crippen LogP contribution in [0.3, 0.4) is 0 Å². The van der Waals surface area contributed by atoms with E-state index in [1.165, 1.54) is 16.3 Å². The standard InChI is InChI=1S/C29H33N5O3/c1-21-7-9-23(26-6-4-3-5-25(21)26)19-32(2)27(35)10-8-22-17-24-20-34(29(36)31-28(24)30-18-22)12-11-33-13-15-37-16-14-33/h3-10,17-18H,11-16,19-20H2,1-2H3,(H,30,31,36). The van der Waals surface area contributed by atoms with E-state index in [-0.39, 0.29) is 11.9 Å². The first-order valence-corrected chi connectivity index (χ1v) is 12.7. The number of fused-ring (bicyclic) bond motifs is 2. The zero-order chi connectivity index (χ0) is 25.8. The second kappa shape index (κ2) is 11.1. The van der Waals surface area contributed by atoms with Crippen LogP contribution in [0.5, 0.6) is 0 Å². The Morgan fingerprint density at radius 1 is 1.14 bits per heavy atom. The minimum Gasteiger partial charge on any atom is -0.379 e. The second-order valence-electron chi connectivity index (χ2n) is 9.70. The summed E-state index contributed by atoms with van der Waals surface area (Å²) in [5, 5.41) is 5.27. The number of aromatic nitrogens is 1. The number of pyridine rings is 1. The van der Waals surface area contributed by atoms with Gasteiger partial charge in [0.05, 0.1) is 19.8 Å². The molecule has 0 aliphatic carbocycles. The van der Waals surface area contributed by atoms with Crippen molar-refractivity contribution in [2.45, 2.75) is 20.0 Å². The molecule has 3 amide bonds. The first kappa shape index (κ1) is 24.9. The highest BCUT2D eigenvalue weighted by atomic mass is 16.5. The highest BCUT2D eigenvalue weighted by molar-refractivity contribution is 5.93. The molecule has 2 aliphatic heterocycles. The van der Waals surface area contributed by atoms with Gasteiger partial charge in [0.1, 0.15) is 5.82 Å². The third-order valence-electron chi connectivity index (χ3n) is 7.09. The molecule has 3 heterocycles. The molecule has 0 spiro atoms. The number of carbonyl (C=O) groups excluding carboxylic acids is 2. The Hall–Kier alpha value is -3.75. The van der Waals surface area contributed by atoms with Crippen molar-refractivity contribution in [2.24, 2.45) is 0 Å². The van der Waals surface area contributed by atoms with Gasteiger partial charge in [-0.2, -0.15) is 0 Å². The minimum atomic E-state index is -0.128. The number of anilines is 1. The minimum absolute atomic E-state index is 0.0807. The van der Waals surface area contributed by atoms with Gasteiger partial charge in [-0.1, -0.05) is 36.4 Å². The largest absolute Gasteiger partial charge is 0.379 e. The summed E-state index contributed by atoms with van der Waals surface area (Å²) in [6.45, 7) is 7.85. The number of benzene rings is 2. The first-order chi connectivity index (χ1) is 18.0. The molecule has 0 unspecified atom stereocenters. The van der Waals surface area contributed by atoms with Gasteiger partial charge >= 0.3 is 6.03 Å². The molecular weight excluding hydrogens is 466 g/mol. The van der Waals surface area contributed by atoms with Crippen molar-refractivity contribution >= 4 is 34.6 Å². The number of likely N-dealkylation sites (N-methyl/N-ethyl adjacent to an activating group) is 1. The average Bonchev–Trinajstić information content (AvgIpc) is 2.92. The molecule has 37 heavy (non-hydrogen) atoms. The molecule has 8 nitrogen and oxygen atoms in total. The quantitative estimate of drug-likeness (QED) is 0.499. The van der Waals surface area contributed by atoms with E-state index in [1.807, 2.05) is 25.2 Å². The maximum Gasteiger partial charge on any atom is 0.323 e. The topological polar surface area (TPSA) is 78.0 Å². The molecule has 8 heteroatoms. The van der Waals surface area contributed by atoms with Crippen LogP contribution in [0.1, 0.15) is 22.3 Å². The highest BCUT2D eigenvalue weighted by Crippen LogP contribution is 2.24. The second-order valence-corrected chi connectivity index (χ2v) is 9.70. The molecule has 5 rings (SSSR count). The summed E-state index contributed by atoms with van der Waals surface area (Å²) in [6, 6.07) is 14.3. The number of nitrogens with one attached hydrogen (secondary N) is 1. The molecule has 0 saturated carbocycles. The highest BCUT2D eigenvalue weighted by Gasteiger charge is 2.24. The Balaban J connectivity index is 1.22. The Kier molecular flexibility index (Phi) is 7.48. The fourth-order valence-corrected chi connectivity index (χ4v) is 4.86. The van der Waals surface area contributed by atoms with E-state index in [9.17, 15) is 9.59 Å². The van der Waals surface area contributed by atoms with E-state index < -0.39 is 0 Å². The summed E-state index contributed by atoms with van der Waals surface area (Å²) >= 11 is 0. The average molecular weight is 500 g/mol. The summed E-state index contributed by atoms with van der Waals surface area (Å²) < 4.78 is 5.40. The number of morpholine rings is 1. The van der Waals surface area contributed by atoms with Crippen LogP contribution in [0, 0.1) is 6.92 Å². The Labute approximate surface area is 217 Å².